The molecule has 0 spiro atoms. The SMILES string of the molecule is CC(CC(=O)c1ncnc(N)c1Cl)c1ncc(-c2ncc(-c3ccccc3)[nH]2)s1. The molecule has 0 aliphatic carbocycles. The Morgan fingerprint density at radius 3 is 2.76 bits per heavy atom. The number of anilines is 1. The second-order valence-corrected chi connectivity index (χ2v) is 7.96. The highest BCUT2D eigenvalue weighted by molar-refractivity contribution is 7.15. The third-order valence-corrected chi connectivity index (χ3v) is 6.02. The molecule has 1 aromatic carbocycles. The largest absolute Gasteiger partial charge is 0.382 e. The van der Waals surface area contributed by atoms with E-state index in [0.29, 0.717) is 0 Å². The number of ketones is 1. The first-order chi connectivity index (χ1) is 14.0. The van der Waals surface area contributed by atoms with Crippen LogP contribution in [0.15, 0.2) is 49.1 Å². The van der Waals surface area contributed by atoms with E-state index >= 15 is 0 Å². The van der Waals surface area contributed by atoms with E-state index in [9.17, 15) is 4.79 Å². The lowest BCUT2D eigenvalue weighted by Crippen LogP contribution is -2.09. The van der Waals surface area contributed by atoms with E-state index in [1.54, 1.807) is 12.4 Å². The average Bonchev–Trinajstić information content (AvgIpc) is 3.40. The molecule has 3 heterocycles. The van der Waals surface area contributed by atoms with Gasteiger partial charge in [-0.25, -0.2) is 19.9 Å². The van der Waals surface area contributed by atoms with Crippen LogP contribution in [0.3, 0.4) is 0 Å². The van der Waals surface area contributed by atoms with Crippen LogP contribution < -0.4 is 5.73 Å². The average molecular weight is 425 g/mol. The monoisotopic (exact) mass is 424 g/mol. The van der Waals surface area contributed by atoms with Crippen molar-refractivity contribution in [3.63, 3.8) is 0 Å². The number of carbonyl (C=O) groups excluding carboxylic acids is 1. The molecule has 7 nitrogen and oxygen atoms in total. The molecule has 0 saturated heterocycles. The van der Waals surface area contributed by atoms with Gasteiger partial charge in [0.05, 0.1) is 21.8 Å². The maximum Gasteiger partial charge on any atom is 0.183 e. The zero-order valence-electron chi connectivity index (χ0n) is 15.5. The minimum Gasteiger partial charge on any atom is -0.382 e. The normalized spacial score (nSPS) is 12.1. The topological polar surface area (TPSA) is 110 Å². The van der Waals surface area contributed by atoms with Gasteiger partial charge >= 0.3 is 0 Å². The molecule has 4 aromatic rings. The number of imidazole rings is 1. The fourth-order valence-electron chi connectivity index (χ4n) is 2.88. The number of nitrogens with zero attached hydrogens (tertiary/aromatic N) is 4. The number of thiazole rings is 1. The summed E-state index contributed by atoms with van der Waals surface area (Å²) in [6.07, 6.45) is 5.03. The summed E-state index contributed by atoms with van der Waals surface area (Å²) in [5.41, 5.74) is 7.80. The smallest absolute Gasteiger partial charge is 0.183 e. The van der Waals surface area contributed by atoms with Crippen molar-refractivity contribution in [3.05, 3.63) is 64.8 Å². The number of Topliss-reactive ketones (excluding diaryl/α,β-unsaturated/α-hetero) is 1. The van der Waals surface area contributed by atoms with Crippen LogP contribution in [0.1, 0.15) is 34.8 Å². The Bertz CT molecular complexity index is 1160. The molecule has 0 saturated carbocycles. The lowest BCUT2D eigenvalue weighted by molar-refractivity contribution is 0.0971. The van der Waals surface area contributed by atoms with E-state index in [-0.39, 0.29) is 34.7 Å². The lowest BCUT2D eigenvalue weighted by atomic mass is 10.0. The third-order valence-electron chi connectivity index (χ3n) is 4.41. The first-order valence-electron chi connectivity index (χ1n) is 8.88. The molecule has 146 valence electrons. The molecule has 29 heavy (non-hydrogen) atoms. The minimum atomic E-state index is -0.197. The summed E-state index contributed by atoms with van der Waals surface area (Å²) in [7, 11) is 0. The minimum absolute atomic E-state index is 0.0913. The number of benzene rings is 1. The zero-order valence-corrected chi connectivity index (χ0v) is 17.0. The number of nitrogens with one attached hydrogen (secondary N) is 1. The second-order valence-electron chi connectivity index (χ2n) is 6.52. The van der Waals surface area contributed by atoms with Crippen LogP contribution in [0.25, 0.3) is 22.0 Å². The predicted octanol–water partition coefficient (Wildman–Crippen LogP) is 4.60. The summed E-state index contributed by atoms with van der Waals surface area (Å²) in [4.78, 5) is 33.5. The Balaban J connectivity index is 1.50. The number of H-pyrrole nitrogens is 1. The molecule has 4 rings (SSSR count). The zero-order chi connectivity index (χ0) is 20.4. The highest BCUT2D eigenvalue weighted by Crippen LogP contribution is 2.32. The molecule has 3 aromatic heterocycles. The molecular weight excluding hydrogens is 408 g/mol. The van der Waals surface area contributed by atoms with Crippen molar-refractivity contribution in [2.24, 2.45) is 0 Å². The van der Waals surface area contributed by atoms with Gasteiger partial charge in [0.2, 0.25) is 0 Å². The molecule has 0 radical (unpaired) electrons. The molecule has 0 fully saturated rings. The van der Waals surface area contributed by atoms with Gasteiger partial charge in [0.1, 0.15) is 28.7 Å². The van der Waals surface area contributed by atoms with Crippen LogP contribution in [0, 0.1) is 0 Å². The van der Waals surface area contributed by atoms with Gasteiger partial charge in [-0.3, -0.25) is 4.79 Å². The van der Waals surface area contributed by atoms with Crippen LogP contribution in [-0.4, -0.2) is 30.7 Å². The molecule has 0 amide bonds. The number of rotatable bonds is 6. The highest BCUT2D eigenvalue weighted by atomic mass is 35.5. The number of carbonyl (C=O) groups is 1. The Kier molecular flexibility index (Phi) is 5.37. The number of hydrogen-bond acceptors (Lipinski definition) is 7. The standard InChI is InChI=1S/C20H17ClN6OS/c1-11(7-14(28)17-16(21)18(22)26-10-25-17)20-24-9-15(29-20)19-23-8-13(27-19)12-5-3-2-4-6-12/h2-6,8-11H,7H2,1H3,(H,23,27)(H2,22,25,26). The molecule has 0 bridgehead atoms. The van der Waals surface area contributed by atoms with Crippen molar-refractivity contribution in [1.29, 1.82) is 0 Å². The number of hydrogen-bond donors (Lipinski definition) is 2. The van der Waals surface area contributed by atoms with Crippen molar-refractivity contribution in [2.45, 2.75) is 19.3 Å². The maximum atomic E-state index is 12.6. The Labute approximate surface area is 176 Å². The van der Waals surface area contributed by atoms with E-state index in [1.807, 2.05) is 37.3 Å². The quantitative estimate of drug-likeness (QED) is 0.437. The fraction of sp³-hybridized carbons (Fsp3) is 0.150. The van der Waals surface area contributed by atoms with Crippen LogP contribution in [-0.2, 0) is 0 Å². The van der Waals surface area contributed by atoms with Gasteiger partial charge in [-0.1, -0.05) is 48.9 Å². The molecule has 3 N–H and O–H groups in total. The van der Waals surface area contributed by atoms with Crippen molar-refractivity contribution in [3.8, 4) is 22.0 Å². The van der Waals surface area contributed by atoms with Gasteiger partial charge in [0.15, 0.2) is 5.78 Å². The van der Waals surface area contributed by atoms with Gasteiger partial charge in [-0.15, -0.1) is 11.3 Å². The Hall–Kier alpha value is -3.10. The predicted molar refractivity (Wildman–Crippen MR) is 114 cm³/mol. The molecular formula is C20H17ClN6OS. The Morgan fingerprint density at radius 1 is 1.17 bits per heavy atom. The summed E-state index contributed by atoms with van der Waals surface area (Å²) in [5, 5.41) is 0.928. The van der Waals surface area contributed by atoms with Gasteiger partial charge in [0, 0.05) is 18.5 Å². The van der Waals surface area contributed by atoms with E-state index < -0.39 is 0 Å². The van der Waals surface area contributed by atoms with E-state index in [1.165, 1.54) is 17.7 Å². The maximum absolute atomic E-state index is 12.6. The highest BCUT2D eigenvalue weighted by Gasteiger charge is 2.21. The van der Waals surface area contributed by atoms with E-state index in [2.05, 4.69) is 24.9 Å². The summed E-state index contributed by atoms with van der Waals surface area (Å²) >= 11 is 7.56. The first-order valence-corrected chi connectivity index (χ1v) is 10.1. The van der Waals surface area contributed by atoms with Gasteiger partial charge in [0.25, 0.3) is 0 Å². The van der Waals surface area contributed by atoms with Gasteiger partial charge in [-0.05, 0) is 5.56 Å². The van der Waals surface area contributed by atoms with Crippen LogP contribution in [0.4, 0.5) is 5.82 Å². The molecule has 1 atom stereocenters. The third kappa shape index (κ3) is 4.03. The second kappa shape index (κ2) is 8.10. The number of halogens is 1. The number of nitrogen functional groups attached to an aromatic ring is 1. The summed E-state index contributed by atoms with van der Waals surface area (Å²) in [6, 6.07) is 9.98. The van der Waals surface area contributed by atoms with Crippen LogP contribution in [0.5, 0.6) is 0 Å². The molecule has 0 aliphatic rings. The molecule has 0 aliphatic heterocycles. The molecule has 9 heteroatoms. The number of aromatic nitrogens is 5. The number of aromatic amines is 1. The van der Waals surface area contributed by atoms with Crippen LogP contribution in [0.2, 0.25) is 5.02 Å². The van der Waals surface area contributed by atoms with Crippen molar-refractivity contribution in [1.82, 2.24) is 24.9 Å². The van der Waals surface area contributed by atoms with Crippen molar-refractivity contribution in [2.75, 3.05) is 5.73 Å². The Morgan fingerprint density at radius 2 is 1.97 bits per heavy atom. The fourth-order valence-corrected chi connectivity index (χ4v) is 4.00. The van der Waals surface area contributed by atoms with Crippen molar-refractivity contribution < 1.29 is 4.79 Å². The van der Waals surface area contributed by atoms with E-state index in [4.69, 9.17) is 17.3 Å². The summed E-state index contributed by atoms with van der Waals surface area (Å²) < 4.78 is 0. The first kappa shape index (κ1) is 19.2. The lowest BCUT2D eigenvalue weighted by Gasteiger charge is -2.08. The summed E-state index contributed by atoms with van der Waals surface area (Å²) in [6.45, 7) is 1.94. The number of nitrogens with two attached hydrogens (primary N) is 1. The van der Waals surface area contributed by atoms with E-state index in [0.717, 1.165) is 27.0 Å². The van der Waals surface area contributed by atoms with Gasteiger partial charge in [-0.2, -0.15) is 0 Å². The summed E-state index contributed by atoms with van der Waals surface area (Å²) in [5.74, 6) is 0.550. The van der Waals surface area contributed by atoms with Crippen LogP contribution >= 0.6 is 22.9 Å². The van der Waals surface area contributed by atoms with Crippen molar-refractivity contribution >= 4 is 34.5 Å². The molecule has 1 unspecified atom stereocenters. The van der Waals surface area contributed by atoms with Gasteiger partial charge < -0.3 is 10.7 Å².